The molecule has 0 amide bonds. The van der Waals surface area contributed by atoms with Gasteiger partial charge in [0.1, 0.15) is 19.3 Å². The topological polar surface area (TPSA) is 237 Å². The number of esters is 4. The summed E-state index contributed by atoms with van der Waals surface area (Å²) in [5, 5.41) is 10.6. The summed E-state index contributed by atoms with van der Waals surface area (Å²) in [5.41, 5.74) is 0. The van der Waals surface area contributed by atoms with Crippen LogP contribution in [0.2, 0.25) is 0 Å². The highest BCUT2D eigenvalue weighted by Gasteiger charge is 2.30. The molecule has 0 heterocycles. The number of rotatable bonds is 78. The summed E-state index contributed by atoms with van der Waals surface area (Å²) in [4.78, 5) is 72.9. The molecule has 19 heteroatoms. The second-order valence-corrected chi connectivity index (χ2v) is 32.1. The molecule has 582 valence electrons. The second kappa shape index (κ2) is 70.7. The standard InChI is InChI=1S/C79H154O17P2/c1-7-10-12-14-16-18-20-22-24-25-26-27-28-29-31-35-40-44-52-58-64-78(83)95-74(67-89-76(81)61-55-49-42-38-36-32-33-37-41-47-53-59-71(4)5)69-93-97(85,86)91-65-73(80)66-92-98(87,88)94-70-75(68-90-77(82)62-56-50-46-45-48-54-60-72(6)9-3)96-79(84)63-57-51-43-39-34-30-23-21-19-17-15-13-11-8-2/h71-75,80H,7-70H2,1-6H3,(H,85,86)(H,87,88)/t72?,73-,74-,75-/m1/s1. The maximum Gasteiger partial charge on any atom is 0.472 e. The van der Waals surface area contributed by atoms with Crippen molar-refractivity contribution in [3.63, 3.8) is 0 Å². The first-order valence-corrected chi connectivity index (χ1v) is 44.0. The van der Waals surface area contributed by atoms with Crippen LogP contribution in [0.15, 0.2) is 0 Å². The van der Waals surface area contributed by atoms with E-state index < -0.39 is 97.5 Å². The Kier molecular flexibility index (Phi) is 69.3. The molecule has 0 aromatic heterocycles. The van der Waals surface area contributed by atoms with E-state index in [4.69, 9.17) is 37.0 Å². The van der Waals surface area contributed by atoms with Gasteiger partial charge in [0.2, 0.25) is 0 Å². The van der Waals surface area contributed by atoms with E-state index in [1.165, 1.54) is 225 Å². The van der Waals surface area contributed by atoms with Crippen LogP contribution >= 0.6 is 15.6 Å². The van der Waals surface area contributed by atoms with Crippen LogP contribution < -0.4 is 0 Å². The zero-order chi connectivity index (χ0) is 72.1. The Labute approximate surface area is 600 Å². The number of phosphoric acid groups is 2. The molecule has 3 unspecified atom stereocenters. The van der Waals surface area contributed by atoms with Crippen LogP contribution in [0, 0.1) is 11.8 Å². The number of ether oxygens (including phenoxy) is 4. The van der Waals surface area contributed by atoms with Gasteiger partial charge in [-0.15, -0.1) is 0 Å². The molecule has 0 saturated carbocycles. The SMILES string of the molecule is CCCCCCCCCCCCCCCCCCCCCCC(=O)O[C@H](COC(=O)CCCCCCCCCCCCCC(C)C)COP(=O)(O)OC[C@@H](O)COP(=O)(O)OC[C@@H](COC(=O)CCCCCCCCC(C)CC)OC(=O)CCCCCCCCCCCCCCCC. The molecule has 0 aromatic rings. The van der Waals surface area contributed by atoms with E-state index in [2.05, 4.69) is 41.5 Å². The average molecular weight is 1440 g/mol. The third kappa shape index (κ3) is 71.1. The van der Waals surface area contributed by atoms with Gasteiger partial charge < -0.3 is 33.8 Å². The van der Waals surface area contributed by atoms with Gasteiger partial charge in [-0.25, -0.2) is 9.13 Å². The van der Waals surface area contributed by atoms with Gasteiger partial charge in [0, 0.05) is 25.7 Å². The molecule has 6 atom stereocenters. The highest BCUT2D eigenvalue weighted by molar-refractivity contribution is 7.47. The summed E-state index contributed by atoms with van der Waals surface area (Å²) in [5.74, 6) is -0.610. The molecule has 0 spiro atoms. The number of unbranched alkanes of at least 4 members (excludes halogenated alkanes) is 47. The fraction of sp³-hybridized carbons (Fsp3) is 0.949. The lowest BCUT2D eigenvalue weighted by Gasteiger charge is -2.21. The zero-order valence-corrected chi connectivity index (χ0v) is 65.9. The van der Waals surface area contributed by atoms with Gasteiger partial charge >= 0.3 is 39.5 Å². The van der Waals surface area contributed by atoms with E-state index >= 15 is 0 Å². The minimum absolute atomic E-state index is 0.107. The minimum Gasteiger partial charge on any atom is -0.462 e. The van der Waals surface area contributed by atoms with Gasteiger partial charge in [0.25, 0.3) is 0 Å². The molecule has 0 aliphatic carbocycles. The fourth-order valence-electron chi connectivity index (χ4n) is 12.2. The second-order valence-electron chi connectivity index (χ2n) is 29.2. The molecular weight excluding hydrogens is 1280 g/mol. The number of carbonyl (C=O) groups excluding carboxylic acids is 4. The molecule has 0 rings (SSSR count). The number of hydrogen-bond acceptors (Lipinski definition) is 15. The average Bonchev–Trinajstić information content (AvgIpc) is 0.997. The van der Waals surface area contributed by atoms with Gasteiger partial charge in [0.15, 0.2) is 12.2 Å². The maximum absolute atomic E-state index is 13.1. The highest BCUT2D eigenvalue weighted by Crippen LogP contribution is 2.45. The van der Waals surface area contributed by atoms with Crippen molar-refractivity contribution >= 4 is 39.5 Å². The number of carbonyl (C=O) groups is 4. The van der Waals surface area contributed by atoms with Gasteiger partial charge in [-0.1, -0.05) is 363 Å². The zero-order valence-electron chi connectivity index (χ0n) is 64.1. The Morgan fingerprint density at radius 1 is 0.296 bits per heavy atom. The van der Waals surface area contributed by atoms with Gasteiger partial charge in [0.05, 0.1) is 26.4 Å². The van der Waals surface area contributed by atoms with Crippen molar-refractivity contribution in [1.29, 1.82) is 0 Å². The molecule has 3 N–H and O–H groups in total. The van der Waals surface area contributed by atoms with Crippen LogP contribution in [0.3, 0.4) is 0 Å². The van der Waals surface area contributed by atoms with Crippen molar-refractivity contribution in [1.82, 2.24) is 0 Å². The van der Waals surface area contributed by atoms with E-state index in [9.17, 15) is 43.2 Å². The Morgan fingerprint density at radius 3 is 0.776 bits per heavy atom. The lowest BCUT2D eigenvalue weighted by Crippen LogP contribution is -2.30. The molecular formula is C79H154O17P2. The van der Waals surface area contributed by atoms with Crippen molar-refractivity contribution in [3.05, 3.63) is 0 Å². The van der Waals surface area contributed by atoms with Crippen molar-refractivity contribution < 1.29 is 80.2 Å². The molecule has 98 heavy (non-hydrogen) atoms. The quantitative estimate of drug-likeness (QED) is 0.0222. The largest absolute Gasteiger partial charge is 0.472 e. The van der Waals surface area contributed by atoms with E-state index in [1.807, 2.05) is 0 Å². The van der Waals surface area contributed by atoms with Crippen LogP contribution in [0.5, 0.6) is 0 Å². The molecule has 0 radical (unpaired) electrons. The highest BCUT2D eigenvalue weighted by atomic mass is 31.2. The summed E-state index contributed by atoms with van der Waals surface area (Å²) in [7, 11) is -9.92. The monoisotopic (exact) mass is 1440 g/mol. The first-order valence-electron chi connectivity index (χ1n) is 41.0. The van der Waals surface area contributed by atoms with Crippen LogP contribution in [0.1, 0.15) is 414 Å². The fourth-order valence-corrected chi connectivity index (χ4v) is 13.7. The number of aliphatic hydroxyl groups excluding tert-OH is 1. The number of aliphatic hydroxyl groups is 1. The lowest BCUT2D eigenvalue weighted by atomic mass is 10.00. The van der Waals surface area contributed by atoms with Crippen LogP contribution in [-0.2, 0) is 65.4 Å². The van der Waals surface area contributed by atoms with Gasteiger partial charge in [-0.3, -0.25) is 37.3 Å². The summed E-state index contributed by atoms with van der Waals surface area (Å²) in [6, 6.07) is 0. The van der Waals surface area contributed by atoms with Crippen molar-refractivity contribution in [2.75, 3.05) is 39.6 Å². The summed E-state index contributed by atoms with van der Waals surface area (Å²) in [6.07, 6.45) is 59.7. The number of hydrogen-bond donors (Lipinski definition) is 3. The first-order chi connectivity index (χ1) is 47.4. The minimum atomic E-state index is -4.96. The predicted octanol–water partition coefficient (Wildman–Crippen LogP) is 23.5. The molecule has 0 aliphatic rings. The van der Waals surface area contributed by atoms with Crippen molar-refractivity contribution in [2.24, 2.45) is 11.8 Å². The maximum atomic E-state index is 13.1. The Bertz CT molecular complexity index is 1890. The number of phosphoric ester groups is 2. The Morgan fingerprint density at radius 2 is 0.520 bits per heavy atom. The lowest BCUT2D eigenvalue weighted by molar-refractivity contribution is -0.161. The van der Waals surface area contributed by atoms with Crippen LogP contribution in [-0.4, -0.2) is 96.7 Å². The van der Waals surface area contributed by atoms with Crippen molar-refractivity contribution in [3.8, 4) is 0 Å². The van der Waals surface area contributed by atoms with E-state index in [0.29, 0.717) is 25.7 Å². The third-order valence-corrected chi connectivity index (χ3v) is 20.7. The van der Waals surface area contributed by atoms with Crippen molar-refractivity contribution in [2.45, 2.75) is 432 Å². The molecule has 0 saturated heterocycles. The smallest absolute Gasteiger partial charge is 0.462 e. The normalized spacial score (nSPS) is 14.2. The Balaban J connectivity index is 5.23. The van der Waals surface area contributed by atoms with E-state index in [-0.39, 0.29) is 25.7 Å². The molecule has 0 aliphatic heterocycles. The first kappa shape index (κ1) is 96.1. The van der Waals surface area contributed by atoms with Crippen LogP contribution in [0.4, 0.5) is 0 Å². The summed E-state index contributed by atoms with van der Waals surface area (Å²) >= 11 is 0. The molecule has 17 nitrogen and oxygen atoms in total. The van der Waals surface area contributed by atoms with E-state index in [1.54, 1.807) is 0 Å². The predicted molar refractivity (Wildman–Crippen MR) is 400 cm³/mol. The van der Waals surface area contributed by atoms with E-state index in [0.717, 1.165) is 108 Å². The van der Waals surface area contributed by atoms with Gasteiger partial charge in [-0.05, 0) is 37.5 Å². The van der Waals surface area contributed by atoms with Gasteiger partial charge in [-0.2, -0.15) is 0 Å². The molecule has 0 fully saturated rings. The Hall–Kier alpha value is -1.94. The summed E-state index contributed by atoms with van der Waals surface area (Å²) in [6.45, 7) is 9.59. The molecule has 0 aromatic carbocycles. The van der Waals surface area contributed by atoms with Crippen LogP contribution in [0.25, 0.3) is 0 Å². The third-order valence-electron chi connectivity index (χ3n) is 18.8. The molecule has 0 bridgehead atoms. The summed E-state index contributed by atoms with van der Waals surface area (Å²) < 4.78 is 68.6.